The lowest BCUT2D eigenvalue weighted by molar-refractivity contribution is -0.136. The van der Waals surface area contributed by atoms with Crippen LogP contribution in [-0.4, -0.2) is 59.9 Å². The number of rotatable bonds is 4. The molecule has 1 aromatic rings. The second-order valence-electron chi connectivity index (χ2n) is 6.27. The highest BCUT2D eigenvalue weighted by Crippen LogP contribution is 2.24. The van der Waals surface area contributed by atoms with Gasteiger partial charge < -0.3 is 15.5 Å². The van der Waals surface area contributed by atoms with Gasteiger partial charge in [-0.15, -0.1) is 11.8 Å². The van der Waals surface area contributed by atoms with E-state index >= 15 is 0 Å². The molecule has 2 aliphatic rings. The van der Waals surface area contributed by atoms with E-state index < -0.39 is 6.04 Å². The molecular formula is C17H22FN3O2S. The van der Waals surface area contributed by atoms with Crippen molar-refractivity contribution in [1.29, 1.82) is 0 Å². The van der Waals surface area contributed by atoms with Crippen molar-refractivity contribution in [1.82, 2.24) is 15.5 Å². The molecule has 130 valence electrons. The number of hydrogen-bond acceptors (Lipinski definition) is 4. The lowest BCUT2D eigenvalue weighted by Gasteiger charge is -2.33. The van der Waals surface area contributed by atoms with Gasteiger partial charge in [-0.2, -0.15) is 0 Å². The van der Waals surface area contributed by atoms with Gasteiger partial charge >= 0.3 is 0 Å². The van der Waals surface area contributed by atoms with Crippen molar-refractivity contribution < 1.29 is 14.0 Å². The fourth-order valence-corrected chi connectivity index (χ4v) is 4.31. The van der Waals surface area contributed by atoms with Gasteiger partial charge in [0, 0.05) is 25.4 Å². The maximum Gasteiger partial charge on any atom is 0.246 e. The van der Waals surface area contributed by atoms with Crippen LogP contribution in [-0.2, 0) is 16.0 Å². The molecule has 2 amide bonds. The zero-order valence-electron chi connectivity index (χ0n) is 13.6. The second kappa shape index (κ2) is 7.53. The first kappa shape index (κ1) is 17.2. The number of halogens is 1. The molecule has 2 N–H and O–H groups in total. The van der Waals surface area contributed by atoms with Gasteiger partial charge in [-0.05, 0) is 31.0 Å². The molecule has 3 unspecified atom stereocenters. The molecule has 0 aliphatic carbocycles. The molecule has 2 fully saturated rings. The fraction of sp³-hybridized carbons (Fsp3) is 0.529. The van der Waals surface area contributed by atoms with Gasteiger partial charge in [0.1, 0.15) is 11.9 Å². The summed E-state index contributed by atoms with van der Waals surface area (Å²) in [6.45, 7) is 1.71. The highest BCUT2D eigenvalue weighted by atomic mass is 32.2. The number of carbonyl (C=O) groups is 2. The molecule has 5 nitrogen and oxygen atoms in total. The summed E-state index contributed by atoms with van der Waals surface area (Å²) in [5.41, 5.74) is 0.532. The summed E-state index contributed by atoms with van der Waals surface area (Å²) in [6, 6.07) is 6.19. The van der Waals surface area contributed by atoms with E-state index in [2.05, 4.69) is 10.6 Å². The monoisotopic (exact) mass is 351 g/mol. The summed E-state index contributed by atoms with van der Waals surface area (Å²) in [5.74, 6) is -0.00831. The topological polar surface area (TPSA) is 61.4 Å². The first-order valence-corrected chi connectivity index (χ1v) is 9.24. The zero-order chi connectivity index (χ0) is 17.1. The van der Waals surface area contributed by atoms with Crippen molar-refractivity contribution >= 4 is 23.6 Å². The summed E-state index contributed by atoms with van der Waals surface area (Å²) >= 11 is 1.43. The Morgan fingerprint density at radius 2 is 2.21 bits per heavy atom. The largest absolute Gasteiger partial charge is 0.343 e. The fourth-order valence-electron chi connectivity index (χ4n) is 3.14. The molecule has 3 atom stereocenters. The van der Waals surface area contributed by atoms with E-state index in [9.17, 15) is 14.0 Å². The lowest BCUT2D eigenvalue weighted by Crippen LogP contribution is -2.56. The third-order valence-corrected chi connectivity index (χ3v) is 5.97. The summed E-state index contributed by atoms with van der Waals surface area (Å²) in [4.78, 5) is 26.6. The van der Waals surface area contributed by atoms with Gasteiger partial charge in [-0.1, -0.05) is 18.2 Å². The standard InChI is InChI=1S/C17H22FN3O2S/c1-21(12-6-7-19-9-12)17(23)14-10-24-15(16(22)20-14)8-11-4-2-3-5-13(11)18/h2-5,12,14-15,19H,6-10H2,1H3,(H,20,22). The van der Waals surface area contributed by atoms with Gasteiger partial charge in [-0.3, -0.25) is 9.59 Å². The molecule has 2 heterocycles. The number of thioether (sulfide) groups is 1. The van der Waals surface area contributed by atoms with Gasteiger partial charge in [0.05, 0.1) is 5.25 Å². The smallest absolute Gasteiger partial charge is 0.246 e. The number of nitrogens with zero attached hydrogens (tertiary/aromatic N) is 1. The third kappa shape index (κ3) is 3.72. The molecule has 0 aromatic heterocycles. The maximum atomic E-state index is 13.7. The molecule has 2 aliphatic heterocycles. The predicted molar refractivity (Wildman–Crippen MR) is 92.3 cm³/mol. The number of hydrogen-bond donors (Lipinski definition) is 2. The molecule has 7 heteroatoms. The Morgan fingerprint density at radius 3 is 2.88 bits per heavy atom. The van der Waals surface area contributed by atoms with Crippen LogP contribution in [0.15, 0.2) is 24.3 Å². The molecular weight excluding hydrogens is 329 g/mol. The predicted octanol–water partition coefficient (Wildman–Crippen LogP) is 0.789. The van der Waals surface area contributed by atoms with E-state index in [1.165, 1.54) is 17.8 Å². The lowest BCUT2D eigenvalue weighted by atomic mass is 10.1. The number of carbonyl (C=O) groups excluding carboxylic acids is 2. The molecule has 0 radical (unpaired) electrons. The minimum Gasteiger partial charge on any atom is -0.343 e. The quantitative estimate of drug-likeness (QED) is 0.842. The van der Waals surface area contributed by atoms with Crippen molar-refractivity contribution in [2.45, 2.75) is 30.2 Å². The van der Waals surface area contributed by atoms with Gasteiger partial charge in [0.2, 0.25) is 11.8 Å². The Balaban J connectivity index is 1.57. The Hall–Kier alpha value is -1.60. The van der Waals surface area contributed by atoms with Crippen molar-refractivity contribution in [3.8, 4) is 0 Å². The number of benzene rings is 1. The molecule has 0 saturated carbocycles. The molecule has 2 saturated heterocycles. The van der Waals surface area contributed by atoms with Crippen LogP contribution in [0, 0.1) is 5.82 Å². The van der Waals surface area contributed by atoms with Crippen molar-refractivity contribution in [2.24, 2.45) is 0 Å². The van der Waals surface area contributed by atoms with Crippen molar-refractivity contribution in [2.75, 3.05) is 25.9 Å². The number of nitrogens with one attached hydrogen (secondary N) is 2. The average molecular weight is 351 g/mol. The van der Waals surface area contributed by atoms with Crippen LogP contribution in [0.1, 0.15) is 12.0 Å². The van der Waals surface area contributed by atoms with Crippen LogP contribution in [0.3, 0.4) is 0 Å². The van der Waals surface area contributed by atoms with E-state index in [1.54, 1.807) is 30.1 Å². The van der Waals surface area contributed by atoms with Crippen molar-refractivity contribution in [3.05, 3.63) is 35.6 Å². The first-order chi connectivity index (χ1) is 11.6. The second-order valence-corrected chi connectivity index (χ2v) is 7.51. The third-order valence-electron chi connectivity index (χ3n) is 4.66. The molecule has 1 aromatic carbocycles. The first-order valence-electron chi connectivity index (χ1n) is 8.19. The summed E-state index contributed by atoms with van der Waals surface area (Å²) < 4.78 is 13.7. The number of amides is 2. The van der Waals surface area contributed by atoms with E-state index in [-0.39, 0.29) is 28.9 Å². The van der Waals surface area contributed by atoms with Crippen LogP contribution < -0.4 is 10.6 Å². The Kier molecular flexibility index (Phi) is 5.40. The van der Waals surface area contributed by atoms with E-state index in [0.29, 0.717) is 17.7 Å². The Morgan fingerprint density at radius 1 is 1.42 bits per heavy atom. The van der Waals surface area contributed by atoms with E-state index in [4.69, 9.17) is 0 Å². The SMILES string of the molecule is CN(C(=O)C1CSC(Cc2ccccc2F)C(=O)N1)C1CCNC1. The van der Waals surface area contributed by atoms with Crippen LogP contribution in [0.25, 0.3) is 0 Å². The summed E-state index contributed by atoms with van der Waals surface area (Å²) in [6.07, 6.45) is 1.28. The molecule has 24 heavy (non-hydrogen) atoms. The molecule has 3 rings (SSSR count). The maximum absolute atomic E-state index is 13.7. The van der Waals surface area contributed by atoms with Gasteiger partial charge in [0.25, 0.3) is 0 Å². The van der Waals surface area contributed by atoms with Crippen LogP contribution in [0.2, 0.25) is 0 Å². The van der Waals surface area contributed by atoms with E-state index in [0.717, 1.165) is 19.5 Å². The summed E-state index contributed by atoms with van der Waals surface area (Å²) in [5, 5.41) is 5.70. The van der Waals surface area contributed by atoms with Crippen LogP contribution >= 0.6 is 11.8 Å². The highest BCUT2D eigenvalue weighted by Gasteiger charge is 2.36. The minimum absolute atomic E-state index is 0.0473. The Bertz CT molecular complexity index is 622. The van der Waals surface area contributed by atoms with Crippen molar-refractivity contribution in [3.63, 3.8) is 0 Å². The van der Waals surface area contributed by atoms with Gasteiger partial charge in [-0.25, -0.2) is 4.39 Å². The zero-order valence-corrected chi connectivity index (χ0v) is 14.4. The highest BCUT2D eigenvalue weighted by molar-refractivity contribution is 8.00. The minimum atomic E-state index is -0.495. The van der Waals surface area contributed by atoms with E-state index in [1.807, 2.05) is 0 Å². The van der Waals surface area contributed by atoms with Crippen LogP contribution in [0.4, 0.5) is 4.39 Å². The Labute approximate surface area is 145 Å². The average Bonchev–Trinajstić information content (AvgIpc) is 3.11. The molecule has 0 spiro atoms. The number of likely N-dealkylation sites (N-methyl/N-ethyl adjacent to an activating group) is 1. The molecule has 0 bridgehead atoms. The summed E-state index contributed by atoms with van der Waals surface area (Å²) in [7, 11) is 1.79. The van der Waals surface area contributed by atoms with Crippen LogP contribution in [0.5, 0.6) is 0 Å². The van der Waals surface area contributed by atoms with Gasteiger partial charge in [0.15, 0.2) is 0 Å². The normalized spacial score (nSPS) is 26.9.